The zero-order chi connectivity index (χ0) is 19.1. The Hall–Kier alpha value is -2.44. The molecule has 0 heterocycles. The van der Waals surface area contributed by atoms with Gasteiger partial charge in [-0.3, -0.25) is 9.35 Å². The molecule has 0 saturated carbocycles. The summed E-state index contributed by atoms with van der Waals surface area (Å²) < 4.78 is 38.2. The van der Waals surface area contributed by atoms with Crippen molar-refractivity contribution < 1.29 is 22.5 Å². The summed E-state index contributed by atoms with van der Waals surface area (Å²) in [5, 5.41) is 2.75. The lowest BCUT2D eigenvalue weighted by Gasteiger charge is -2.21. The average Bonchev–Trinajstić information content (AvgIpc) is 2.60. The van der Waals surface area contributed by atoms with Gasteiger partial charge in [0.1, 0.15) is 5.75 Å². The van der Waals surface area contributed by atoms with Gasteiger partial charge in [0.15, 0.2) is 0 Å². The molecule has 0 radical (unpaired) electrons. The van der Waals surface area contributed by atoms with E-state index in [2.05, 4.69) is 0 Å². The van der Waals surface area contributed by atoms with Gasteiger partial charge < -0.3 is 4.74 Å². The van der Waals surface area contributed by atoms with Gasteiger partial charge in [0.2, 0.25) is 0 Å². The summed E-state index contributed by atoms with van der Waals surface area (Å²) in [6.07, 6.45) is 0.602. The molecule has 0 saturated heterocycles. The van der Waals surface area contributed by atoms with Gasteiger partial charge in [-0.05, 0) is 49.2 Å². The minimum absolute atomic E-state index is 0.243. The number of carbonyl (C=O) groups is 1. The highest BCUT2D eigenvalue weighted by Gasteiger charge is 2.29. The fourth-order valence-electron chi connectivity index (χ4n) is 2.65. The Morgan fingerprint density at radius 3 is 2.35 bits per heavy atom. The van der Waals surface area contributed by atoms with E-state index in [1.54, 1.807) is 19.9 Å². The van der Waals surface area contributed by atoms with E-state index in [9.17, 15) is 17.8 Å². The fourth-order valence-corrected chi connectivity index (χ4v) is 3.15. The van der Waals surface area contributed by atoms with Crippen molar-refractivity contribution in [3.63, 3.8) is 0 Å². The second kappa shape index (κ2) is 6.37. The number of carbonyl (C=O) groups excluding carboxylic acids is 1. The van der Waals surface area contributed by atoms with Crippen molar-refractivity contribution >= 4 is 37.6 Å². The van der Waals surface area contributed by atoms with E-state index in [-0.39, 0.29) is 4.90 Å². The summed E-state index contributed by atoms with van der Waals surface area (Å²) in [4.78, 5) is 12.4. The maximum Gasteiger partial charge on any atom is 0.316 e. The van der Waals surface area contributed by atoms with Gasteiger partial charge in [-0.1, -0.05) is 37.3 Å². The lowest BCUT2D eigenvalue weighted by molar-refractivity contribution is -0.143. The summed E-state index contributed by atoms with van der Waals surface area (Å²) in [6, 6.07) is 13.6. The summed E-state index contributed by atoms with van der Waals surface area (Å²) in [5.41, 5.74) is -0.677. The summed E-state index contributed by atoms with van der Waals surface area (Å²) in [5.74, 6) is -0.0926. The quantitative estimate of drug-likeness (QED) is 0.314. The van der Waals surface area contributed by atoms with Crippen LogP contribution < -0.4 is 4.74 Å². The third-order valence-electron chi connectivity index (χ3n) is 4.71. The van der Waals surface area contributed by atoms with Crippen LogP contribution in [0.4, 0.5) is 0 Å². The number of fused-ring (bicyclic) bond motifs is 2. The molecule has 0 fully saturated rings. The van der Waals surface area contributed by atoms with Gasteiger partial charge in [0.25, 0.3) is 10.1 Å². The molecular weight excluding hydrogens is 352 g/mol. The normalized spacial score (nSPS) is 12.5. The maximum absolute atomic E-state index is 12.6. The molecule has 0 amide bonds. The average molecular weight is 372 g/mol. The minimum atomic E-state index is -4.37. The van der Waals surface area contributed by atoms with Gasteiger partial charge >= 0.3 is 5.97 Å². The van der Waals surface area contributed by atoms with Crippen molar-refractivity contribution in [2.45, 2.75) is 32.1 Å². The van der Waals surface area contributed by atoms with E-state index in [0.717, 1.165) is 5.39 Å². The number of ether oxygens (including phenoxy) is 1. The number of hydrogen-bond donors (Lipinski definition) is 1. The van der Waals surface area contributed by atoms with Crippen LogP contribution in [0, 0.1) is 5.41 Å². The van der Waals surface area contributed by atoms with Gasteiger partial charge in [-0.2, -0.15) is 8.42 Å². The van der Waals surface area contributed by atoms with Crippen molar-refractivity contribution in [3.8, 4) is 5.75 Å². The molecule has 0 unspecified atom stereocenters. The van der Waals surface area contributed by atoms with Gasteiger partial charge in [-0.15, -0.1) is 0 Å². The van der Waals surface area contributed by atoms with Gasteiger partial charge in [0.05, 0.1) is 10.3 Å². The number of rotatable bonds is 4. The molecule has 26 heavy (non-hydrogen) atoms. The van der Waals surface area contributed by atoms with E-state index in [0.29, 0.717) is 28.3 Å². The Morgan fingerprint density at radius 1 is 1.04 bits per heavy atom. The van der Waals surface area contributed by atoms with Crippen molar-refractivity contribution in [1.29, 1.82) is 0 Å². The molecule has 0 aromatic heterocycles. The monoisotopic (exact) mass is 372 g/mol. The van der Waals surface area contributed by atoms with E-state index in [1.165, 1.54) is 12.1 Å². The first-order valence-corrected chi connectivity index (χ1v) is 9.73. The number of esters is 1. The molecule has 6 heteroatoms. The first-order chi connectivity index (χ1) is 12.1. The molecular formula is C20H20O5S. The zero-order valence-electron chi connectivity index (χ0n) is 14.8. The minimum Gasteiger partial charge on any atom is -0.425 e. The summed E-state index contributed by atoms with van der Waals surface area (Å²) in [7, 11) is -4.37. The van der Waals surface area contributed by atoms with Crippen LogP contribution in [-0.2, 0) is 14.9 Å². The van der Waals surface area contributed by atoms with E-state index in [1.807, 2.05) is 37.3 Å². The molecule has 5 nitrogen and oxygen atoms in total. The highest BCUT2D eigenvalue weighted by Crippen LogP contribution is 2.37. The predicted octanol–water partition coefficient (Wildman–Crippen LogP) is 4.58. The Labute approximate surface area is 152 Å². The van der Waals surface area contributed by atoms with Crippen LogP contribution in [0.1, 0.15) is 27.2 Å². The Bertz CT molecular complexity index is 1110. The topological polar surface area (TPSA) is 80.7 Å². The third-order valence-corrected chi connectivity index (χ3v) is 5.56. The summed E-state index contributed by atoms with van der Waals surface area (Å²) >= 11 is 0. The maximum atomic E-state index is 12.6. The largest absolute Gasteiger partial charge is 0.425 e. The molecule has 0 aliphatic carbocycles. The van der Waals surface area contributed by atoms with Crippen molar-refractivity contribution in [2.75, 3.05) is 0 Å². The van der Waals surface area contributed by atoms with Gasteiger partial charge in [0, 0.05) is 10.8 Å². The Balaban J connectivity index is 2.32. The molecule has 1 N–H and O–H groups in total. The molecule has 3 aromatic carbocycles. The van der Waals surface area contributed by atoms with E-state index in [4.69, 9.17) is 4.74 Å². The van der Waals surface area contributed by atoms with Crippen LogP contribution in [0.3, 0.4) is 0 Å². The van der Waals surface area contributed by atoms with E-state index >= 15 is 0 Å². The first kappa shape index (κ1) is 18.4. The highest BCUT2D eigenvalue weighted by atomic mass is 32.2. The second-order valence-electron chi connectivity index (χ2n) is 6.91. The number of benzene rings is 3. The van der Waals surface area contributed by atoms with Crippen LogP contribution in [0.5, 0.6) is 5.75 Å². The highest BCUT2D eigenvalue weighted by molar-refractivity contribution is 7.85. The third kappa shape index (κ3) is 3.30. The standard InChI is InChI=1S/C20H20O5S/c1-4-20(2,3)19(21)25-18-16-8-6-5-7-13(16)11-14-9-10-15(12-17(14)18)26(22,23)24/h5-12H,4H2,1-3H3,(H,22,23,24). The Morgan fingerprint density at radius 2 is 1.69 bits per heavy atom. The van der Waals surface area contributed by atoms with Crippen LogP contribution >= 0.6 is 0 Å². The molecule has 3 rings (SSSR count). The van der Waals surface area contributed by atoms with Gasteiger partial charge in [-0.25, -0.2) is 0 Å². The van der Waals surface area contributed by atoms with Crippen molar-refractivity contribution in [2.24, 2.45) is 5.41 Å². The summed E-state index contributed by atoms with van der Waals surface area (Å²) in [6.45, 7) is 5.50. The lowest BCUT2D eigenvalue weighted by atomic mass is 9.90. The Kier molecular flexibility index (Phi) is 4.50. The molecule has 0 spiro atoms. The van der Waals surface area contributed by atoms with Crippen LogP contribution in [0.2, 0.25) is 0 Å². The molecule has 3 aromatic rings. The number of hydrogen-bond acceptors (Lipinski definition) is 4. The fraction of sp³-hybridized carbons (Fsp3) is 0.250. The van der Waals surface area contributed by atoms with Crippen LogP contribution in [0.15, 0.2) is 53.4 Å². The predicted molar refractivity (Wildman–Crippen MR) is 101 cm³/mol. The molecule has 0 aliphatic heterocycles. The van der Waals surface area contributed by atoms with E-state index < -0.39 is 21.5 Å². The van der Waals surface area contributed by atoms with Crippen molar-refractivity contribution in [3.05, 3.63) is 48.5 Å². The van der Waals surface area contributed by atoms with Crippen LogP contribution in [-0.4, -0.2) is 18.9 Å². The molecule has 136 valence electrons. The lowest BCUT2D eigenvalue weighted by Crippen LogP contribution is -2.28. The second-order valence-corrected chi connectivity index (χ2v) is 8.33. The SMILES string of the molecule is CCC(C)(C)C(=O)Oc1c2ccccc2cc2ccc(S(=O)(=O)O)cc12. The zero-order valence-corrected chi connectivity index (χ0v) is 15.6. The first-order valence-electron chi connectivity index (χ1n) is 8.29. The molecule has 0 bridgehead atoms. The smallest absolute Gasteiger partial charge is 0.316 e. The molecule has 0 aliphatic rings. The van der Waals surface area contributed by atoms with Crippen LogP contribution in [0.25, 0.3) is 21.5 Å². The van der Waals surface area contributed by atoms with Crippen molar-refractivity contribution in [1.82, 2.24) is 0 Å². The molecule has 0 atom stereocenters.